The second-order valence-corrected chi connectivity index (χ2v) is 6.34. The van der Waals surface area contributed by atoms with Gasteiger partial charge in [0.05, 0.1) is 24.9 Å². The molecular weight excluding hydrogens is 262 g/mol. The van der Waals surface area contributed by atoms with E-state index in [0.717, 1.165) is 25.7 Å². The maximum atomic E-state index is 10.1. The van der Waals surface area contributed by atoms with Crippen molar-refractivity contribution in [1.82, 2.24) is 5.32 Å². The Morgan fingerprint density at radius 3 is 2.89 bits per heavy atom. The summed E-state index contributed by atoms with van der Waals surface area (Å²) in [5, 5.41) is 25.0. The van der Waals surface area contributed by atoms with Gasteiger partial charge < -0.3 is 20.3 Å². The minimum absolute atomic E-state index is 0.323. The van der Waals surface area contributed by atoms with Crippen LogP contribution in [0.25, 0.3) is 0 Å². The molecular formula is C14H23NO3S. The predicted octanol–water partition coefficient (Wildman–Crippen LogP) is 1.52. The minimum Gasteiger partial charge on any atom is -0.389 e. The average molecular weight is 285 g/mol. The molecule has 0 aliphatic heterocycles. The van der Waals surface area contributed by atoms with Crippen molar-refractivity contribution in [3.63, 3.8) is 0 Å². The molecule has 1 atom stereocenters. The number of aliphatic hydroxyl groups is 2. The Labute approximate surface area is 118 Å². The van der Waals surface area contributed by atoms with Gasteiger partial charge in [-0.25, -0.2) is 0 Å². The van der Waals surface area contributed by atoms with Gasteiger partial charge in [-0.1, -0.05) is 18.9 Å². The molecule has 1 saturated carbocycles. The molecule has 1 aliphatic rings. The predicted molar refractivity (Wildman–Crippen MR) is 76.3 cm³/mol. The number of hydrogen-bond donors (Lipinski definition) is 3. The summed E-state index contributed by atoms with van der Waals surface area (Å²) in [5.74, 6) is 0. The standard InChI is InChI=1S/C14H23NO3S/c16-12(9-18-10-13-4-3-7-19-13)8-15-11-14(17)5-1-2-6-14/h3-4,7,12,15-17H,1-2,5-6,8-11H2. The van der Waals surface area contributed by atoms with Crippen LogP contribution in [0.4, 0.5) is 0 Å². The van der Waals surface area contributed by atoms with E-state index >= 15 is 0 Å². The minimum atomic E-state index is -0.558. The van der Waals surface area contributed by atoms with E-state index in [1.165, 1.54) is 4.88 Å². The zero-order valence-electron chi connectivity index (χ0n) is 11.2. The summed E-state index contributed by atoms with van der Waals surface area (Å²) in [7, 11) is 0. The number of nitrogens with one attached hydrogen (secondary N) is 1. The molecule has 0 spiro atoms. The van der Waals surface area contributed by atoms with Crippen molar-refractivity contribution >= 4 is 11.3 Å². The lowest BCUT2D eigenvalue weighted by atomic mass is 10.0. The topological polar surface area (TPSA) is 61.7 Å². The highest BCUT2D eigenvalue weighted by Crippen LogP contribution is 2.28. The van der Waals surface area contributed by atoms with E-state index in [-0.39, 0.29) is 0 Å². The normalized spacial score (nSPS) is 19.7. The molecule has 2 rings (SSSR count). The van der Waals surface area contributed by atoms with Crippen LogP contribution in [-0.2, 0) is 11.3 Å². The fourth-order valence-corrected chi connectivity index (χ4v) is 3.07. The molecule has 1 aliphatic carbocycles. The number of thiophene rings is 1. The smallest absolute Gasteiger partial charge is 0.0897 e. The molecule has 0 saturated heterocycles. The maximum absolute atomic E-state index is 10.1. The third-order valence-electron chi connectivity index (χ3n) is 3.50. The molecule has 1 fully saturated rings. The van der Waals surface area contributed by atoms with Crippen molar-refractivity contribution in [2.75, 3.05) is 19.7 Å². The van der Waals surface area contributed by atoms with Gasteiger partial charge in [-0.05, 0) is 24.3 Å². The van der Waals surface area contributed by atoms with Gasteiger partial charge in [0.15, 0.2) is 0 Å². The largest absolute Gasteiger partial charge is 0.389 e. The van der Waals surface area contributed by atoms with Crippen molar-refractivity contribution < 1.29 is 14.9 Å². The Bertz CT molecular complexity index is 350. The van der Waals surface area contributed by atoms with Crippen molar-refractivity contribution in [2.24, 2.45) is 0 Å². The lowest BCUT2D eigenvalue weighted by Gasteiger charge is -2.23. The summed E-state index contributed by atoms with van der Waals surface area (Å²) in [6.45, 7) is 1.91. The van der Waals surface area contributed by atoms with Gasteiger partial charge in [-0.2, -0.15) is 0 Å². The van der Waals surface area contributed by atoms with Crippen LogP contribution in [0.15, 0.2) is 17.5 Å². The fraction of sp³-hybridized carbons (Fsp3) is 0.714. The molecule has 0 aromatic carbocycles. The van der Waals surface area contributed by atoms with Gasteiger partial charge >= 0.3 is 0 Å². The molecule has 5 heteroatoms. The summed E-state index contributed by atoms with van der Waals surface area (Å²) in [6.07, 6.45) is 3.41. The molecule has 1 aromatic rings. The molecule has 4 nitrogen and oxygen atoms in total. The van der Waals surface area contributed by atoms with E-state index < -0.39 is 11.7 Å². The van der Waals surface area contributed by atoms with Crippen LogP contribution in [0.3, 0.4) is 0 Å². The van der Waals surface area contributed by atoms with Crippen LogP contribution < -0.4 is 5.32 Å². The van der Waals surface area contributed by atoms with Crippen molar-refractivity contribution in [3.8, 4) is 0 Å². The molecule has 1 aromatic heterocycles. The number of hydrogen-bond acceptors (Lipinski definition) is 5. The summed E-state index contributed by atoms with van der Waals surface area (Å²) in [4.78, 5) is 1.17. The Morgan fingerprint density at radius 2 is 2.21 bits per heavy atom. The third kappa shape index (κ3) is 5.20. The van der Waals surface area contributed by atoms with Gasteiger partial charge in [0.2, 0.25) is 0 Å². The van der Waals surface area contributed by atoms with Gasteiger partial charge in [0.25, 0.3) is 0 Å². The van der Waals surface area contributed by atoms with Crippen LogP contribution in [0.5, 0.6) is 0 Å². The Hall–Kier alpha value is -0.460. The highest BCUT2D eigenvalue weighted by atomic mass is 32.1. The van der Waals surface area contributed by atoms with Gasteiger partial charge in [-0.15, -0.1) is 11.3 Å². The molecule has 0 amide bonds. The van der Waals surface area contributed by atoms with Gasteiger partial charge in [0, 0.05) is 18.0 Å². The first-order chi connectivity index (χ1) is 9.18. The van der Waals surface area contributed by atoms with Crippen molar-refractivity contribution in [1.29, 1.82) is 0 Å². The van der Waals surface area contributed by atoms with Crippen molar-refractivity contribution in [3.05, 3.63) is 22.4 Å². The third-order valence-corrected chi connectivity index (χ3v) is 4.35. The van der Waals surface area contributed by atoms with E-state index in [1.54, 1.807) is 11.3 Å². The van der Waals surface area contributed by atoms with Gasteiger partial charge in [0.1, 0.15) is 0 Å². The molecule has 108 valence electrons. The second kappa shape index (κ2) is 7.36. The van der Waals surface area contributed by atoms with Crippen LogP contribution in [0.2, 0.25) is 0 Å². The molecule has 1 unspecified atom stereocenters. The van der Waals surface area contributed by atoms with E-state index in [9.17, 15) is 10.2 Å². The highest BCUT2D eigenvalue weighted by Gasteiger charge is 2.30. The summed E-state index contributed by atoms with van der Waals surface area (Å²) in [6, 6.07) is 4.01. The quantitative estimate of drug-likeness (QED) is 0.678. The Balaban J connectivity index is 1.53. The lowest BCUT2D eigenvalue weighted by molar-refractivity contribution is 0.0187. The molecule has 3 N–H and O–H groups in total. The summed E-state index contributed by atoms with van der Waals surface area (Å²) < 4.78 is 5.45. The second-order valence-electron chi connectivity index (χ2n) is 5.31. The first-order valence-corrected chi connectivity index (χ1v) is 7.77. The SMILES string of the molecule is OC(CNCC1(O)CCCC1)COCc1cccs1. The molecule has 1 heterocycles. The number of ether oxygens (including phenoxy) is 1. The maximum Gasteiger partial charge on any atom is 0.0897 e. The Morgan fingerprint density at radius 1 is 1.42 bits per heavy atom. The van der Waals surface area contributed by atoms with E-state index in [2.05, 4.69) is 5.32 Å². The van der Waals surface area contributed by atoms with Crippen LogP contribution in [0, 0.1) is 0 Å². The lowest BCUT2D eigenvalue weighted by Crippen LogP contribution is -2.41. The highest BCUT2D eigenvalue weighted by molar-refractivity contribution is 7.09. The van der Waals surface area contributed by atoms with Crippen LogP contribution in [0.1, 0.15) is 30.6 Å². The first kappa shape index (κ1) is 14.9. The monoisotopic (exact) mass is 285 g/mol. The van der Waals surface area contributed by atoms with E-state index in [0.29, 0.717) is 26.3 Å². The van der Waals surface area contributed by atoms with Crippen LogP contribution in [-0.4, -0.2) is 41.6 Å². The summed E-state index contributed by atoms with van der Waals surface area (Å²) in [5.41, 5.74) is -0.558. The average Bonchev–Trinajstić information content (AvgIpc) is 3.01. The van der Waals surface area contributed by atoms with E-state index in [4.69, 9.17) is 4.74 Å². The van der Waals surface area contributed by atoms with E-state index in [1.807, 2.05) is 17.5 Å². The summed E-state index contributed by atoms with van der Waals surface area (Å²) >= 11 is 1.65. The zero-order chi connectivity index (χ0) is 13.6. The molecule has 0 bridgehead atoms. The molecule has 19 heavy (non-hydrogen) atoms. The van der Waals surface area contributed by atoms with Crippen molar-refractivity contribution in [2.45, 2.75) is 44.0 Å². The van der Waals surface area contributed by atoms with Gasteiger partial charge in [-0.3, -0.25) is 0 Å². The molecule has 0 radical (unpaired) electrons. The zero-order valence-corrected chi connectivity index (χ0v) is 12.0. The first-order valence-electron chi connectivity index (χ1n) is 6.89. The fourth-order valence-electron chi connectivity index (χ4n) is 2.43. The Kier molecular flexibility index (Phi) is 5.78. The van der Waals surface area contributed by atoms with Crippen LogP contribution >= 0.6 is 11.3 Å². The number of aliphatic hydroxyl groups excluding tert-OH is 1. The number of rotatable bonds is 8.